The number of carbonyl (C=O) groups is 1. The number of hydrogen-bond donors (Lipinski definition) is 1. The van der Waals surface area contributed by atoms with Crippen LogP contribution in [0.15, 0.2) is 0 Å². The van der Waals surface area contributed by atoms with Gasteiger partial charge in [0.05, 0.1) is 0 Å². The Balaban J connectivity index is 1.77. The summed E-state index contributed by atoms with van der Waals surface area (Å²) in [5.41, 5.74) is 0. The van der Waals surface area contributed by atoms with E-state index in [1.54, 1.807) is 0 Å². The number of rotatable bonds is 3. The zero-order valence-electron chi connectivity index (χ0n) is 10.8. The van der Waals surface area contributed by atoms with Gasteiger partial charge < -0.3 is 10.2 Å². The molecular formula is C13H24N2OS. The number of nitrogens with one attached hydrogen (secondary N) is 1. The molecule has 1 N–H and O–H groups in total. The van der Waals surface area contributed by atoms with Crippen LogP contribution in [0, 0.1) is 5.92 Å². The van der Waals surface area contributed by atoms with Crippen molar-refractivity contribution in [2.75, 3.05) is 31.6 Å². The highest BCUT2D eigenvalue weighted by Gasteiger charge is 2.24. The Bertz CT molecular complexity index is 248. The Kier molecular flexibility index (Phi) is 5.16. The number of amides is 1. The van der Waals surface area contributed by atoms with Crippen molar-refractivity contribution in [1.82, 2.24) is 10.2 Å². The third-order valence-corrected chi connectivity index (χ3v) is 5.10. The molecule has 0 spiro atoms. The zero-order chi connectivity index (χ0) is 12.1. The lowest BCUT2D eigenvalue weighted by Gasteiger charge is -2.32. The van der Waals surface area contributed by atoms with Gasteiger partial charge in [0.15, 0.2) is 0 Å². The summed E-state index contributed by atoms with van der Waals surface area (Å²) in [5.74, 6) is 3.42. The molecule has 0 aromatic carbocycles. The second-order valence-electron chi connectivity index (χ2n) is 5.25. The molecular weight excluding hydrogens is 232 g/mol. The van der Waals surface area contributed by atoms with Gasteiger partial charge in [0, 0.05) is 19.5 Å². The molecule has 4 heteroatoms. The predicted molar refractivity (Wildman–Crippen MR) is 73.3 cm³/mol. The van der Waals surface area contributed by atoms with E-state index < -0.39 is 0 Å². The normalized spacial score (nSPS) is 23.6. The lowest BCUT2D eigenvalue weighted by molar-refractivity contribution is -0.133. The maximum atomic E-state index is 12.2. The molecule has 0 saturated carbocycles. The summed E-state index contributed by atoms with van der Waals surface area (Å²) in [5, 5.41) is 3.35. The molecule has 0 unspecified atom stereocenters. The molecule has 0 aromatic heterocycles. The molecule has 2 aliphatic heterocycles. The molecule has 0 atom stereocenters. The highest BCUT2D eigenvalue weighted by atomic mass is 32.2. The fourth-order valence-corrected chi connectivity index (χ4v) is 3.83. The van der Waals surface area contributed by atoms with Crippen LogP contribution in [0.3, 0.4) is 0 Å². The number of hydrogen-bond acceptors (Lipinski definition) is 3. The van der Waals surface area contributed by atoms with E-state index in [-0.39, 0.29) is 0 Å². The fourth-order valence-electron chi connectivity index (χ4n) is 2.75. The average molecular weight is 256 g/mol. The van der Waals surface area contributed by atoms with Gasteiger partial charge in [-0.25, -0.2) is 0 Å². The van der Waals surface area contributed by atoms with E-state index in [1.807, 2.05) is 23.7 Å². The quantitative estimate of drug-likeness (QED) is 0.834. The topological polar surface area (TPSA) is 32.3 Å². The van der Waals surface area contributed by atoms with Crippen LogP contribution in [0.2, 0.25) is 0 Å². The molecule has 17 heavy (non-hydrogen) atoms. The summed E-state index contributed by atoms with van der Waals surface area (Å²) >= 11 is 2.02. The van der Waals surface area contributed by atoms with Gasteiger partial charge in [0.1, 0.15) is 0 Å². The Morgan fingerprint density at radius 3 is 2.53 bits per heavy atom. The minimum absolute atomic E-state index is 0.369. The first kappa shape index (κ1) is 13.2. The third-order valence-electron chi connectivity index (χ3n) is 4.05. The highest BCUT2D eigenvalue weighted by Crippen LogP contribution is 2.23. The summed E-state index contributed by atoms with van der Waals surface area (Å²) in [6, 6.07) is 0.505. The number of nitrogens with zero attached hydrogens (tertiary/aromatic N) is 1. The largest absolute Gasteiger partial charge is 0.343 e. The van der Waals surface area contributed by atoms with Crippen molar-refractivity contribution < 1.29 is 4.79 Å². The smallest absolute Gasteiger partial charge is 0.222 e. The van der Waals surface area contributed by atoms with Gasteiger partial charge in [-0.1, -0.05) is 0 Å². The van der Waals surface area contributed by atoms with Crippen LogP contribution in [0.1, 0.15) is 32.1 Å². The number of piperidine rings is 1. The van der Waals surface area contributed by atoms with Crippen LogP contribution >= 0.6 is 11.8 Å². The lowest BCUT2D eigenvalue weighted by atomic mass is 9.94. The molecule has 2 aliphatic rings. The first-order valence-electron chi connectivity index (χ1n) is 6.81. The van der Waals surface area contributed by atoms with E-state index >= 15 is 0 Å². The van der Waals surface area contributed by atoms with E-state index in [9.17, 15) is 4.79 Å². The van der Waals surface area contributed by atoms with E-state index in [1.165, 1.54) is 37.2 Å². The van der Waals surface area contributed by atoms with Gasteiger partial charge in [0.25, 0.3) is 0 Å². The zero-order valence-corrected chi connectivity index (χ0v) is 11.6. The number of carbonyl (C=O) groups excluding carboxylic acids is 1. The van der Waals surface area contributed by atoms with Gasteiger partial charge in [-0.05, 0) is 56.2 Å². The lowest BCUT2D eigenvalue weighted by Crippen LogP contribution is -2.41. The molecule has 2 saturated heterocycles. The fraction of sp³-hybridized carbons (Fsp3) is 0.923. The Morgan fingerprint density at radius 2 is 1.88 bits per heavy atom. The van der Waals surface area contributed by atoms with Crippen molar-refractivity contribution in [3.05, 3.63) is 0 Å². The van der Waals surface area contributed by atoms with Crippen LogP contribution in [0.4, 0.5) is 0 Å². The van der Waals surface area contributed by atoms with E-state index in [2.05, 4.69) is 5.32 Å². The summed E-state index contributed by atoms with van der Waals surface area (Å²) in [4.78, 5) is 14.2. The summed E-state index contributed by atoms with van der Waals surface area (Å²) < 4.78 is 0. The SMILES string of the molecule is CN(C(=O)CC1CCNCC1)C1CCSCC1. The second-order valence-corrected chi connectivity index (χ2v) is 6.47. The molecule has 0 radical (unpaired) electrons. The summed E-state index contributed by atoms with van der Waals surface area (Å²) in [7, 11) is 2.00. The standard InChI is InChI=1S/C13H24N2OS/c1-15(12-4-8-17-9-5-12)13(16)10-11-2-6-14-7-3-11/h11-12,14H,2-10H2,1H3. The van der Waals surface area contributed by atoms with Crippen LogP contribution in [0.25, 0.3) is 0 Å². The van der Waals surface area contributed by atoms with Crippen molar-refractivity contribution in [3.8, 4) is 0 Å². The number of thioether (sulfide) groups is 1. The van der Waals surface area contributed by atoms with E-state index in [4.69, 9.17) is 0 Å². The van der Waals surface area contributed by atoms with Crippen molar-refractivity contribution >= 4 is 17.7 Å². The maximum Gasteiger partial charge on any atom is 0.222 e. The Hall–Kier alpha value is -0.220. The van der Waals surface area contributed by atoms with Gasteiger partial charge in [-0.2, -0.15) is 11.8 Å². The average Bonchev–Trinajstić information content (AvgIpc) is 2.40. The molecule has 2 rings (SSSR count). The van der Waals surface area contributed by atoms with Crippen molar-refractivity contribution in [1.29, 1.82) is 0 Å². The van der Waals surface area contributed by atoms with Crippen LogP contribution in [0.5, 0.6) is 0 Å². The molecule has 2 fully saturated rings. The van der Waals surface area contributed by atoms with Gasteiger partial charge >= 0.3 is 0 Å². The summed E-state index contributed by atoms with van der Waals surface area (Å²) in [6.45, 7) is 2.17. The van der Waals surface area contributed by atoms with Gasteiger partial charge in [-0.15, -0.1) is 0 Å². The van der Waals surface area contributed by atoms with Crippen molar-refractivity contribution in [2.45, 2.75) is 38.1 Å². The van der Waals surface area contributed by atoms with Crippen LogP contribution in [-0.2, 0) is 4.79 Å². The van der Waals surface area contributed by atoms with E-state index in [0.29, 0.717) is 17.9 Å². The first-order valence-corrected chi connectivity index (χ1v) is 7.97. The molecule has 1 amide bonds. The van der Waals surface area contributed by atoms with Gasteiger partial charge in [0.2, 0.25) is 5.91 Å². The molecule has 0 bridgehead atoms. The first-order chi connectivity index (χ1) is 8.27. The maximum absolute atomic E-state index is 12.2. The molecule has 2 heterocycles. The van der Waals surface area contributed by atoms with Crippen LogP contribution in [-0.4, -0.2) is 48.5 Å². The van der Waals surface area contributed by atoms with Crippen molar-refractivity contribution in [2.24, 2.45) is 5.92 Å². The minimum Gasteiger partial charge on any atom is -0.343 e. The Labute approximate surface area is 109 Å². The molecule has 0 aromatic rings. The summed E-state index contributed by atoms with van der Waals surface area (Å²) in [6.07, 6.45) is 5.46. The minimum atomic E-state index is 0.369. The van der Waals surface area contributed by atoms with Crippen LogP contribution < -0.4 is 5.32 Å². The Morgan fingerprint density at radius 1 is 1.24 bits per heavy atom. The van der Waals surface area contributed by atoms with Crippen molar-refractivity contribution in [3.63, 3.8) is 0 Å². The molecule has 0 aliphatic carbocycles. The van der Waals surface area contributed by atoms with E-state index in [0.717, 1.165) is 19.5 Å². The molecule has 98 valence electrons. The third kappa shape index (κ3) is 3.88. The monoisotopic (exact) mass is 256 g/mol. The second kappa shape index (κ2) is 6.64. The molecule has 3 nitrogen and oxygen atoms in total. The highest BCUT2D eigenvalue weighted by molar-refractivity contribution is 7.99. The predicted octanol–water partition coefficient (Wildman–Crippen LogP) is 1.73. The van der Waals surface area contributed by atoms with Gasteiger partial charge in [-0.3, -0.25) is 4.79 Å².